The lowest BCUT2D eigenvalue weighted by Crippen LogP contribution is -2.46. The molecule has 2 rings (SSSR count). The second kappa shape index (κ2) is 8.19. The Bertz CT molecular complexity index is 677. The third-order valence-corrected chi connectivity index (χ3v) is 3.60. The zero-order valence-electron chi connectivity index (χ0n) is 12.8. The Hall–Kier alpha value is -2.53. The van der Waals surface area contributed by atoms with Gasteiger partial charge in [0.05, 0.1) is 17.1 Å². The van der Waals surface area contributed by atoms with E-state index in [0.29, 0.717) is 17.1 Å². The van der Waals surface area contributed by atoms with Gasteiger partial charge in [0.25, 0.3) is 11.8 Å². The van der Waals surface area contributed by atoms with Crippen molar-refractivity contribution in [3.63, 3.8) is 0 Å². The molecule has 6 heteroatoms. The van der Waals surface area contributed by atoms with Crippen molar-refractivity contribution in [3.05, 3.63) is 65.2 Å². The smallest absolute Gasteiger partial charge is 0.271 e. The highest BCUT2D eigenvalue weighted by Crippen LogP contribution is 2.14. The Morgan fingerprint density at radius 3 is 2.30 bits per heavy atom. The van der Waals surface area contributed by atoms with Gasteiger partial charge in [-0.25, -0.2) is 0 Å². The predicted molar refractivity (Wildman–Crippen MR) is 91.4 cm³/mol. The number of hydrogen-bond acceptors (Lipinski definition) is 3. The molecule has 120 valence electrons. The van der Waals surface area contributed by atoms with E-state index in [-0.39, 0.29) is 12.5 Å². The lowest BCUT2D eigenvalue weighted by atomic mass is 10.2. The number of carbonyl (C=O) groups is 2. The van der Waals surface area contributed by atoms with Crippen LogP contribution in [0.25, 0.3) is 0 Å². The molecule has 2 amide bonds. The molecule has 5 nitrogen and oxygen atoms in total. The van der Waals surface area contributed by atoms with Crippen LogP contribution in [0.4, 0.5) is 5.69 Å². The van der Waals surface area contributed by atoms with Gasteiger partial charge in [-0.3, -0.25) is 20.4 Å². The van der Waals surface area contributed by atoms with Crippen LogP contribution in [0.1, 0.15) is 17.3 Å². The quantitative estimate of drug-likeness (QED) is 0.828. The lowest BCUT2D eigenvalue weighted by molar-refractivity contribution is -0.120. The van der Waals surface area contributed by atoms with E-state index >= 15 is 0 Å². The maximum absolute atomic E-state index is 12.0. The van der Waals surface area contributed by atoms with Crippen molar-refractivity contribution >= 4 is 29.1 Å². The fraction of sp³-hybridized carbons (Fsp3) is 0.176. The van der Waals surface area contributed by atoms with E-state index in [1.165, 1.54) is 0 Å². The maximum atomic E-state index is 12.0. The highest BCUT2D eigenvalue weighted by atomic mass is 35.5. The molecule has 0 spiro atoms. The first-order valence-electron chi connectivity index (χ1n) is 7.25. The first-order chi connectivity index (χ1) is 11.1. The summed E-state index contributed by atoms with van der Waals surface area (Å²) in [6, 6.07) is 16.2. The Kier molecular flexibility index (Phi) is 6.00. The van der Waals surface area contributed by atoms with Gasteiger partial charge in [-0.1, -0.05) is 41.9 Å². The Balaban J connectivity index is 1.90. The van der Waals surface area contributed by atoms with Crippen LogP contribution in [0.2, 0.25) is 5.02 Å². The van der Waals surface area contributed by atoms with E-state index < -0.39 is 5.91 Å². The molecule has 0 aliphatic heterocycles. The standard InChI is InChI=1S/C17H18ClN3O2/c1-2-21(13-8-4-3-5-9-13)12-16(22)19-20-17(23)14-10-6-7-11-15(14)18/h3-11H,2,12H2,1H3,(H,19,22)(H,20,23). The molecule has 2 N–H and O–H groups in total. The van der Waals surface area contributed by atoms with E-state index in [1.807, 2.05) is 42.2 Å². The number of benzene rings is 2. The molecule has 0 saturated heterocycles. The summed E-state index contributed by atoms with van der Waals surface area (Å²) in [5, 5.41) is 0.332. The minimum atomic E-state index is -0.452. The van der Waals surface area contributed by atoms with Crippen molar-refractivity contribution in [2.24, 2.45) is 0 Å². The van der Waals surface area contributed by atoms with Gasteiger partial charge in [0.2, 0.25) is 0 Å². The van der Waals surface area contributed by atoms with Crippen molar-refractivity contribution in [2.75, 3.05) is 18.0 Å². The first kappa shape index (κ1) is 16.8. The maximum Gasteiger partial charge on any atom is 0.271 e. The van der Waals surface area contributed by atoms with Crippen LogP contribution in [0.5, 0.6) is 0 Å². The van der Waals surface area contributed by atoms with Crippen molar-refractivity contribution in [1.29, 1.82) is 0 Å². The average molecular weight is 332 g/mol. The van der Waals surface area contributed by atoms with Crippen molar-refractivity contribution in [1.82, 2.24) is 10.9 Å². The predicted octanol–water partition coefficient (Wildman–Crippen LogP) is 2.63. The topological polar surface area (TPSA) is 61.4 Å². The highest BCUT2D eigenvalue weighted by molar-refractivity contribution is 6.33. The SMILES string of the molecule is CCN(CC(=O)NNC(=O)c1ccccc1Cl)c1ccccc1. The Morgan fingerprint density at radius 1 is 1.00 bits per heavy atom. The lowest BCUT2D eigenvalue weighted by Gasteiger charge is -2.22. The number of nitrogens with one attached hydrogen (secondary N) is 2. The minimum Gasteiger partial charge on any atom is -0.362 e. The van der Waals surface area contributed by atoms with Crippen LogP contribution < -0.4 is 15.8 Å². The molecule has 0 aliphatic carbocycles. The monoisotopic (exact) mass is 331 g/mol. The summed E-state index contributed by atoms with van der Waals surface area (Å²) < 4.78 is 0. The highest BCUT2D eigenvalue weighted by Gasteiger charge is 2.13. The van der Waals surface area contributed by atoms with Gasteiger partial charge in [-0.15, -0.1) is 0 Å². The molecule has 0 aromatic heterocycles. The summed E-state index contributed by atoms with van der Waals surface area (Å²) in [6.07, 6.45) is 0. The number of hydrogen-bond donors (Lipinski definition) is 2. The van der Waals surface area contributed by atoms with Crippen molar-refractivity contribution < 1.29 is 9.59 Å². The van der Waals surface area contributed by atoms with E-state index in [4.69, 9.17) is 11.6 Å². The van der Waals surface area contributed by atoms with Crippen LogP contribution >= 0.6 is 11.6 Å². The number of hydrazine groups is 1. The number of nitrogens with zero attached hydrogens (tertiary/aromatic N) is 1. The number of halogens is 1. The summed E-state index contributed by atoms with van der Waals surface area (Å²) >= 11 is 5.94. The summed E-state index contributed by atoms with van der Waals surface area (Å²) in [5.74, 6) is -0.761. The third-order valence-electron chi connectivity index (χ3n) is 3.27. The van der Waals surface area contributed by atoms with Crippen LogP contribution in [-0.2, 0) is 4.79 Å². The van der Waals surface area contributed by atoms with Gasteiger partial charge < -0.3 is 4.90 Å². The van der Waals surface area contributed by atoms with Crippen LogP contribution in [0.15, 0.2) is 54.6 Å². The summed E-state index contributed by atoms with van der Waals surface area (Å²) in [7, 11) is 0. The van der Waals surface area contributed by atoms with E-state index in [2.05, 4.69) is 10.9 Å². The Labute approximate surface area is 140 Å². The number of amides is 2. The van der Waals surface area contributed by atoms with Crippen molar-refractivity contribution in [3.8, 4) is 0 Å². The summed E-state index contributed by atoms with van der Waals surface area (Å²) in [6.45, 7) is 2.78. The molecule has 0 bridgehead atoms. The van der Waals surface area contributed by atoms with Crippen molar-refractivity contribution in [2.45, 2.75) is 6.92 Å². The van der Waals surface area contributed by atoms with Gasteiger partial charge in [-0.05, 0) is 31.2 Å². The first-order valence-corrected chi connectivity index (χ1v) is 7.63. The van der Waals surface area contributed by atoms with Crippen LogP contribution in [0.3, 0.4) is 0 Å². The van der Waals surface area contributed by atoms with Gasteiger partial charge in [0.15, 0.2) is 0 Å². The Morgan fingerprint density at radius 2 is 1.65 bits per heavy atom. The molecule has 0 aliphatic rings. The zero-order chi connectivity index (χ0) is 16.7. The molecule has 23 heavy (non-hydrogen) atoms. The largest absolute Gasteiger partial charge is 0.362 e. The van der Waals surface area contributed by atoms with E-state index in [0.717, 1.165) is 5.69 Å². The summed E-state index contributed by atoms with van der Waals surface area (Å²) in [4.78, 5) is 25.9. The molecule has 0 heterocycles. The second-order valence-corrected chi connectivity index (χ2v) is 5.24. The van der Waals surface area contributed by atoms with Gasteiger partial charge in [0.1, 0.15) is 0 Å². The number of rotatable bonds is 5. The van der Waals surface area contributed by atoms with Crippen LogP contribution in [0, 0.1) is 0 Å². The fourth-order valence-corrected chi connectivity index (χ4v) is 2.30. The van der Waals surface area contributed by atoms with E-state index in [1.54, 1.807) is 24.3 Å². The third kappa shape index (κ3) is 4.72. The molecule has 0 radical (unpaired) electrons. The molecular weight excluding hydrogens is 314 g/mol. The van der Waals surface area contributed by atoms with Gasteiger partial charge in [0, 0.05) is 12.2 Å². The molecule has 0 unspecified atom stereocenters. The van der Waals surface area contributed by atoms with Gasteiger partial charge >= 0.3 is 0 Å². The number of likely N-dealkylation sites (N-methyl/N-ethyl adjacent to an activating group) is 1. The molecule has 0 atom stereocenters. The normalized spacial score (nSPS) is 10.0. The zero-order valence-corrected chi connectivity index (χ0v) is 13.5. The molecule has 0 fully saturated rings. The molecule has 2 aromatic carbocycles. The molecular formula is C17H18ClN3O2. The average Bonchev–Trinajstić information content (AvgIpc) is 2.58. The fourth-order valence-electron chi connectivity index (χ4n) is 2.08. The number of para-hydroxylation sites is 1. The minimum absolute atomic E-state index is 0.142. The second-order valence-electron chi connectivity index (χ2n) is 4.83. The van der Waals surface area contributed by atoms with E-state index in [9.17, 15) is 9.59 Å². The number of anilines is 1. The van der Waals surface area contributed by atoms with Crippen LogP contribution in [-0.4, -0.2) is 24.9 Å². The number of carbonyl (C=O) groups excluding carboxylic acids is 2. The van der Waals surface area contributed by atoms with Gasteiger partial charge in [-0.2, -0.15) is 0 Å². The summed E-state index contributed by atoms with van der Waals surface area (Å²) in [5.41, 5.74) is 6.03. The molecule has 2 aromatic rings. The molecule has 0 saturated carbocycles.